The largest absolute Gasteiger partial charge is 0.350 e. The second kappa shape index (κ2) is 6.58. The van der Waals surface area contributed by atoms with E-state index in [-0.39, 0.29) is 22.4 Å². The van der Waals surface area contributed by atoms with Gasteiger partial charge in [0.1, 0.15) is 0 Å². The van der Waals surface area contributed by atoms with E-state index in [1.807, 2.05) is 20.8 Å². The van der Waals surface area contributed by atoms with Crippen LogP contribution in [0.2, 0.25) is 0 Å². The average molecular weight is 312 g/mol. The van der Waals surface area contributed by atoms with Gasteiger partial charge in [-0.3, -0.25) is 4.79 Å². The maximum absolute atomic E-state index is 11.8. The van der Waals surface area contributed by atoms with Crippen LogP contribution < -0.4 is 11.1 Å². The summed E-state index contributed by atoms with van der Waals surface area (Å²) >= 11 is 0. The molecule has 21 heavy (non-hydrogen) atoms. The summed E-state index contributed by atoms with van der Waals surface area (Å²) in [6.07, 6.45) is 2.15. The highest BCUT2D eigenvalue weighted by molar-refractivity contribution is 7.90. The molecule has 0 saturated carbocycles. The lowest BCUT2D eigenvalue weighted by atomic mass is 9.99. The van der Waals surface area contributed by atoms with Crippen LogP contribution in [-0.4, -0.2) is 26.1 Å². The third-order valence-corrected chi connectivity index (χ3v) is 4.31. The van der Waals surface area contributed by atoms with Crippen molar-refractivity contribution in [2.75, 3.05) is 6.26 Å². The molecular formula is C15H24N2O3S. The van der Waals surface area contributed by atoms with Crippen LogP contribution in [0.5, 0.6) is 0 Å². The third kappa shape index (κ3) is 6.27. The second-order valence-electron chi connectivity index (χ2n) is 6.12. The maximum Gasteiger partial charge on any atom is 0.220 e. The number of benzene rings is 1. The minimum absolute atomic E-state index is 0.0618. The monoisotopic (exact) mass is 312 g/mol. The molecule has 6 heteroatoms. The van der Waals surface area contributed by atoms with E-state index < -0.39 is 9.84 Å². The summed E-state index contributed by atoms with van der Waals surface area (Å²) in [4.78, 5) is 12.1. The summed E-state index contributed by atoms with van der Waals surface area (Å²) in [7, 11) is -3.19. The molecule has 1 aromatic carbocycles. The molecule has 0 aliphatic rings. The van der Waals surface area contributed by atoms with E-state index in [0.29, 0.717) is 12.8 Å². The van der Waals surface area contributed by atoms with E-state index in [9.17, 15) is 13.2 Å². The molecule has 1 amide bonds. The van der Waals surface area contributed by atoms with E-state index in [4.69, 9.17) is 5.73 Å². The first kappa shape index (κ1) is 17.7. The molecule has 0 aromatic heterocycles. The summed E-state index contributed by atoms with van der Waals surface area (Å²) in [5.41, 5.74) is 6.35. The van der Waals surface area contributed by atoms with Gasteiger partial charge in [-0.1, -0.05) is 12.1 Å². The molecule has 0 fully saturated rings. The van der Waals surface area contributed by atoms with Gasteiger partial charge in [-0.05, 0) is 44.9 Å². The summed E-state index contributed by atoms with van der Waals surface area (Å²) in [5, 5.41) is 2.88. The van der Waals surface area contributed by atoms with Crippen LogP contribution in [0.1, 0.15) is 45.2 Å². The molecule has 1 aromatic rings. The number of nitrogens with two attached hydrogens (primary N) is 1. The van der Waals surface area contributed by atoms with Crippen LogP contribution in [0.15, 0.2) is 29.2 Å². The van der Waals surface area contributed by atoms with E-state index in [1.54, 1.807) is 24.3 Å². The Kier molecular flexibility index (Phi) is 5.53. The number of carbonyl (C=O) groups is 1. The first-order chi connectivity index (χ1) is 9.49. The lowest BCUT2D eigenvalue weighted by Crippen LogP contribution is -2.35. The van der Waals surface area contributed by atoms with Gasteiger partial charge in [-0.15, -0.1) is 0 Å². The van der Waals surface area contributed by atoms with Gasteiger partial charge in [0.05, 0.1) is 10.9 Å². The zero-order valence-corrected chi connectivity index (χ0v) is 13.8. The van der Waals surface area contributed by atoms with Crippen molar-refractivity contribution < 1.29 is 13.2 Å². The first-order valence-corrected chi connectivity index (χ1v) is 8.76. The van der Waals surface area contributed by atoms with Crippen molar-refractivity contribution in [3.05, 3.63) is 29.8 Å². The predicted octanol–water partition coefficient (Wildman–Crippen LogP) is 1.78. The average Bonchev–Trinajstić information content (AvgIpc) is 2.34. The predicted molar refractivity (Wildman–Crippen MR) is 83.6 cm³/mol. The molecule has 3 N–H and O–H groups in total. The fourth-order valence-corrected chi connectivity index (χ4v) is 2.47. The highest BCUT2D eigenvalue weighted by atomic mass is 32.2. The maximum atomic E-state index is 11.8. The number of nitrogens with one attached hydrogen (secondary N) is 1. The smallest absolute Gasteiger partial charge is 0.220 e. The summed E-state index contributed by atoms with van der Waals surface area (Å²) < 4.78 is 22.8. The molecule has 1 atom stereocenters. The molecule has 0 saturated heterocycles. The SMILES string of the molecule is CC(NC(=O)CCC(C)(C)N)c1ccc(S(C)(=O)=O)cc1. The van der Waals surface area contributed by atoms with Gasteiger partial charge in [0, 0.05) is 18.2 Å². The third-order valence-electron chi connectivity index (χ3n) is 3.18. The highest BCUT2D eigenvalue weighted by Crippen LogP contribution is 2.17. The van der Waals surface area contributed by atoms with Crippen molar-refractivity contribution in [1.29, 1.82) is 0 Å². The van der Waals surface area contributed by atoms with Crippen LogP contribution in [0.25, 0.3) is 0 Å². The normalized spacial score (nSPS) is 13.8. The fourth-order valence-electron chi connectivity index (χ4n) is 1.84. The topological polar surface area (TPSA) is 89.3 Å². The zero-order chi connectivity index (χ0) is 16.3. The number of rotatable bonds is 6. The van der Waals surface area contributed by atoms with Gasteiger partial charge in [-0.2, -0.15) is 0 Å². The van der Waals surface area contributed by atoms with Crippen LogP contribution in [0.4, 0.5) is 0 Å². The molecule has 0 aliphatic carbocycles. The Morgan fingerprint density at radius 1 is 1.29 bits per heavy atom. The Balaban J connectivity index is 2.64. The Hall–Kier alpha value is -1.40. The summed E-state index contributed by atoms with van der Waals surface area (Å²) in [5.74, 6) is -0.0618. The van der Waals surface area contributed by atoms with Crippen molar-refractivity contribution in [3.63, 3.8) is 0 Å². The lowest BCUT2D eigenvalue weighted by Gasteiger charge is -2.19. The number of hydrogen-bond donors (Lipinski definition) is 2. The standard InChI is InChI=1S/C15H24N2O3S/c1-11(17-14(18)9-10-15(2,3)16)12-5-7-13(8-6-12)21(4,19)20/h5-8,11H,9-10,16H2,1-4H3,(H,17,18). The first-order valence-electron chi connectivity index (χ1n) is 6.87. The summed E-state index contributed by atoms with van der Waals surface area (Å²) in [6, 6.07) is 6.36. The Labute approximate surface area is 126 Å². The second-order valence-corrected chi connectivity index (χ2v) is 8.13. The molecule has 1 rings (SSSR count). The fraction of sp³-hybridized carbons (Fsp3) is 0.533. The van der Waals surface area contributed by atoms with E-state index in [2.05, 4.69) is 5.32 Å². The molecule has 118 valence electrons. The molecule has 5 nitrogen and oxygen atoms in total. The van der Waals surface area contributed by atoms with Gasteiger partial charge in [0.2, 0.25) is 5.91 Å². The molecule has 0 bridgehead atoms. The molecule has 0 heterocycles. The molecular weight excluding hydrogens is 288 g/mol. The molecule has 1 unspecified atom stereocenters. The number of sulfone groups is 1. The van der Waals surface area contributed by atoms with Gasteiger partial charge < -0.3 is 11.1 Å². The van der Waals surface area contributed by atoms with Crippen LogP contribution >= 0.6 is 0 Å². The van der Waals surface area contributed by atoms with Crippen molar-refractivity contribution in [2.24, 2.45) is 5.73 Å². The van der Waals surface area contributed by atoms with Crippen LogP contribution in [0.3, 0.4) is 0 Å². The Bertz CT molecular complexity index is 586. The minimum Gasteiger partial charge on any atom is -0.350 e. The number of carbonyl (C=O) groups excluding carboxylic acids is 1. The van der Waals surface area contributed by atoms with Crippen LogP contribution in [-0.2, 0) is 14.6 Å². The molecule has 0 spiro atoms. The van der Waals surface area contributed by atoms with Gasteiger partial charge >= 0.3 is 0 Å². The van der Waals surface area contributed by atoms with Gasteiger partial charge in [-0.25, -0.2) is 8.42 Å². The Morgan fingerprint density at radius 3 is 2.24 bits per heavy atom. The van der Waals surface area contributed by atoms with Crippen molar-refractivity contribution in [3.8, 4) is 0 Å². The van der Waals surface area contributed by atoms with Crippen LogP contribution in [0, 0.1) is 0 Å². The van der Waals surface area contributed by atoms with E-state index in [1.165, 1.54) is 6.26 Å². The van der Waals surface area contributed by atoms with Crippen molar-refractivity contribution in [1.82, 2.24) is 5.32 Å². The van der Waals surface area contributed by atoms with Gasteiger partial charge in [0.15, 0.2) is 9.84 Å². The van der Waals surface area contributed by atoms with Crippen molar-refractivity contribution in [2.45, 2.75) is 50.1 Å². The zero-order valence-electron chi connectivity index (χ0n) is 13.0. The minimum atomic E-state index is -3.19. The summed E-state index contributed by atoms with van der Waals surface area (Å²) in [6.45, 7) is 5.63. The molecule has 0 aliphatic heterocycles. The number of hydrogen-bond acceptors (Lipinski definition) is 4. The Morgan fingerprint density at radius 2 is 1.81 bits per heavy atom. The van der Waals surface area contributed by atoms with E-state index >= 15 is 0 Å². The lowest BCUT2D eigenvalue weighted by molar-refractivity contribution is -0.122. The quantitative estimate of drug-likeness (QED) is 0.838. The van der Waals surface area contributed by atoms with Gasteiger partial charge in [0.25, 0.3) is 0 Å². The molecule has 0 radical (unpaired) electrons. The highest BCUT2D eigenvalue weighted by Gasteiger charge is 2.15. The van der Waals surface area contributed by atoms with E-state index in [0.717, 1.165) is 5.56 Å². The van der Waals surface area contributed by atoms with Crippen molar-refractivity contribution >= 4 is 15.7 Å². The number of amides is 1.